The molecular weight excluding hydrogens is 298 g/mol. The molecule has 0 spiro atoms. The molecule has 0 aliphatic carbocycles. The van der Waals surface area contributed by atoms with Crippen LogP contribution in [0.4, 0.5) is 0 Å². The van der Waals surface area contributed by atoms with E-state index in [1.54, 1.807) is 7.11 Å². The fraction of sp³-hybridized carbons (Fsp3) is 0.692. The second-order valence-corrected chi connectivity index (χ2v) is 6.37. The Morgan fingerprint density at radius 2 is 2.12 bits per heavy atom. The van der Waals surface area contributed by atoms with Crippen molar-refractivity contribution >= 4 is 27.3 Å². The molecular formula is C13H22BrNOS. The molecule has 1 heterocycles. The summed E-state index contributed by atoms with van der Waals surface area (Å²) in [7, 11) is 1.74. The highest BCUT2D eigenvalue weighted by molar-refractivity contribution is 9.10. The van der Waals surface area contributed by atoms with Crippen molar-refractivity contribution in [2.45, 2.75) is 32.6 Å². The van der Waals surface area contributed by atoms with Gasteiger partial charge in [0, 0.05) is 27.9 Å². The average Bonchev–Trinajstić information content (AvgIpc) is 2.62. The van der Waals surface area contributed by atoms with Crippen LogP contribution in [0.15, 0.2) is 10.5 Å². The van der Waals surface area contributed by atoms with Crippen molar-refractivity contribution < 1.29 is 4.74 Å². The van der Waals surface area contributed by atoms with Crippen molar-refractivity contribution in [1.29, 1.82) is 0 Å². The lowest BCUT2D eigenvalue weighted by Crippen LogP contribution is -2.20. The van der Waals surface area contributed by atoms with Gasteiger partial charge < -0.3 is 10.1 Å². The van der Waals surface area contributed by atoms with Gasteiger partial charge >= 0.3 is 0 Å². The molecule has 0 radical (unpaired) electrons. The van der Waals surface area contributed by atoms with Crippen molar-refractivity contribution in [1.82, 2.24) is 5.32 Å². The molecule has 2 nitrogen and oxygen atoms in total. The topological polar surface area (TPSA) is 21.3 Å². The zero-order chi connectivity index (χ0) is 12.5. The number of aryl methyl sites for hydroxylation is 2. The second kappa shape index (κ2) is 9.09. The van der Waals surface area contributed by atoms with Crippen LogP contribution < -0.4 is 5.32 Å². The average molecular weight is 320 g/mol. The van der Waals surface area contributed by atoms with Crippen molar-refractivity contribution in [2.24, 2.45) is 0 Å². The first-order chi connectivity index (χ1) is 8.24. The van der Waals surface area contributed by atoms with Gasteiger partial charge in [-0.3, -0.25) is 0 Å². The lowest BCUT2D eigenvalue weighted by Gasteiger charge is -2.03. The number of ether oxygens (including phenoxy) is 1. The van der Waals surface area contributed by atoms with Crippen LogP contribution in [0.1, 0.15) is 29.0 Å². The Bertz CT molecular complexity index is 295. The molecule has 0 aliphatic heterocycles. The number of nitrogens with one attached hydrogen (secondary N) is 1. The Balaban J connectivity index is 1.97. The normalized spacial score (nSPS) is 11.0. The molecule has 0 amide bonds. The first-order valence-corrected chi connectivity index (χ1v) is 7.79. The summed E-state index contributed by atoms with van der Waals surface area (Å²) in [6, 6.07) is 2.26. The highest BCUT2D eigenvalue weighted by Crippen LogP contribution is 2.27. The largest absolute Gasteiger partial charge is 0.383 e. The second-order valence-electron chi connectivity index (χ2n) is 4.17. The Labute approximate surface area is 117 Å². The quantitative estimate of drug-likeness (QED) is 0.700. The molecule has 1 aromatic rings. The van der Waals surface area contributed by atoms with Gasteiger partial charge in [-0.2, -0.15) is 0 Å². The number of rotatable bonds is 9. The van der Waals surface area contributed by atoms with Gasteiger partial charge in [0.15, 0.2) is 0 Å². The Kier molecular flexibility index (Phi) is 8.10. The van der Waals surface area contributed by atoms with Gasteiger partial charge in [-0.15, -0.1) is 11.3 Å². The molecule has 1 aromatic heterocycles. The molecule has 0 aromatic carbocycles. The molecule has 0 aliphatic rings. The van der Waals surface area contributed by atoms with Gasteiger partial charge in [-0.05, 0) is 54.7 Å². The van der Waals surface area contributed by atoms with E-state index < -0.39 is 0 Å². The minimum absolute atomic E-state index is 0.808. The zero-order valence-corrected chi connectivity index (χ0v) is 13.1. The van der Waals surface area contributed by atoms with Gasteiger partial charge in [0.05, 0.1) is 6.61 Å². The highest BCUT2D eigenvalue weighted by Gasteiger charge is 2.02. The van der Waals surface area contributed by atoms with Crippen molar-refractivity contribution in [2.75, 3.05) is 26.8 Å². The molecule has 4 heteroatoms. The summed E-state index contributed by atoms with van der Waals surface area (Å²) in [6.07, 6.45) is 5.07. The van der Waals surface area contributed by atoms with Crippen LogP contribution in [0.25, 0.3) is 0 Å². The minimum atomic E-state index is 0.808. The lowest BCUT2D eigenvalue weighted by atomic mass is 10.2. The van der Waals surface area contributed by atoms with Gasteiger partial charge in [0.1, 0.15) is 0 Å². The maximum Gasteiger partial charge on any atom is 0.0587 e. The Hall–Kier alpha value is 0.1000. The molecule has 1 rings (SSSR count). The van der Waals surface area contributed by atoms with Crippen molar-refractivity contribution in [3.63, 3.8) is 0 Å². The minimum Gasteiger partial charge on any atom is -0.383 e. The maximum absolute atomic E-state index is 4.98. The fourth-order valence-electron chi connectivity index (χ4n) is 1.67. The third-order valence-corrected chi connectivity index (χ3v) is 4.86. The van der Waals surface area contributed by atoms with E-state index in [-0.39, 0.29) is 0 Å². The summed E-state index contributed by atoms with van der Waals surface area (Å²) in [5.74, 6) is 0. The fourth-order valence-corrected chi connectivity index (χ4v) is 3.31. The van der Waals surface area contributed by atoms with Crippen LogP contribution in [-0.2, 0) is 11.2 Å². The lowest BCUT2D eigenvalue weighted by molar-refractivity contribution is 0.199. The molecule has 17 heavy (non-hydrogen) atoms. The molecule has 0 saturated heterocycles. The van der Waals surface area contributed by atoms with Crippen LogP contribution in [0.3, 0.4) is 0 Å². The third kappa shape index (κ3) is 6.55. The number of unbranched alkanes of at least 4 members (excludes halogenated alkanes) is 2. The van der Waals surface area contributed by atoms with Crippen LogP contribution in [0.5, 0.6) is 0 Å². The maximum atomic E-state index is 4.98. The third-order valence-electron chi connectivity index (χ3n) is 2.67. The van der Waals surface area contributed by atoms with Gasteiger partial charge in [-0.1, -0.05) is 6.42 Å². The highest BCUT2D eigenvalue weighted by atomic mass is 79.9. The van der Waals surface area contributed by atoms with Gasteiger partial charge in [0.25, 0.3) is 0 Å². The molecule has 0 fully saturated rings. The first kappa shape index (κ1) is 15.2. The number of halogens is 1. The van der Waals surface area contributed by atoms with Crippen molar-refractivity contribution in [3.8, 4) is 0 Å². The Morgan fingerprint density at radius 3 is 2.76 bits per heavy atom. The monoisotopic (exact) mass is 319 g/mol. The number of hydrogen-bond acceptors (Lipinski definition) is 3. The summed E-state index contributed by atoms with van der Waals surface area (Å²) in [4.78, 5) is 2.89. The van der Waals surface area contributed by atoms with Crippen LogP contribution in [0, 0.1) is 6.92 Å². The SMILES string of the molecule is COCCNCCCCCc1cc(Br)c(C)s1. The number of hydrogen-bond donors (Lipinski definition) is 1. The van der Waals surface area contributed by atoms with E-state index in [1.807, 2.05) is 11.3 Å². The molecule has 1 N–H and O–H groups in total. The predicted octanol–water partition coefficient (Wildman–Crippen LogP) is 3.77. The van der Waals surface area contributed by atoms with Crippen LogP contribution in [0.2, 0.25) is 0 Å². The van der Waals surface area contributed by atoms with Crippen LogP contribution in [-0.4, -0.2) is 26.8 Å². The van der Waals surface area contributed by atoms with Gasteiger partial charge in [0.2, 0.25) is 0 Å². The first-order valence-electron chi connectivity index (χ1n) is 6.18. The standard InChI is InChI=1S/C13H22BrNOS/c1-11-13(14)10-12(17-11)6-4-3-5-7-15-8-9-16-2/h10,15H,3-9H2,1-2H3. The van der Waals surface area contributed by atoms with E-state index in [0.29, 0.717) is 0 Å². The summed E-state index contributed by atoms with van der Waals surface area (Å²) in [5.41, 5.74) is 0. The summed E-state index contributed by atoms with van der Waals surface area (Å²) in [6.45, 7) is 5.05. The van der Waals surface area contributed by atoms with E-state index in [0.717, 1.165) is 19.7 Å². The van der Waals surface area contributed by atoms with E-state index >= 15 is 0 Å². The molecule has 0 saturated carbocycles. The summed E-state index contributed by atoms with van der Waals surface area (Å²) >= 11 is 5.47. The Morgan fingerprint density at radius 1 is 1.29 bits per heavy atom. The van der Waals surface area contributed by atoms with E-state index in [9.17, 15) is 0 Å². The van der Waals surface area contributed by atoms with E-state index in [4.69, 9.17) is 4.74 Å². The predicted molar refractivity (Wildman–Crippen MR) is 79.1 cm³/mol. The smallest absolute Gasteiger partial charge is 0.0587 e. The number of methoxy groups -OCH3 is 1. The van der Waals surface area contributed by atoms with Gasteiger partial charge in [-0.25, -0.2) is 0 Å². The van der Waals surface area contributed by atoms with E-state index in [1.165, 1.54) is 39.9 Å². The molecule has 0 atom stereocenters. The summed E-state index contributed by atoms with van der Waals surface area (Å²) in [5, 5.41) is 3.37. The van der Waals surface area contributed by atoms with E-state index in [2.05, 4.69) is 34.2 Å². The molecule has 98 valence electrons. The van der Waals surface area contributed by atoms with Crippen LogP contribution >= 0.6 is 27.3 Å². The number of thiophene rings is 1. The zero-order valence-electron chi connectivity index (χ0n) is 10.7. The summed E-state index contributed by atoms with van der Waals surface area (Å²) < 4.78 is 6.24. The van der Waals surface area contributed by atoms with Crippen molar-refractivity contribution in [3.05, 3.63) is 20.3 Å². The molecule has 0 bridgehead atoms. The molecule has 0 unspecified atom stereocenters.